The lowest BCUT2D eigenvalue weighted by atomic mass is 9.99. The zero-order valence-corrected chi connectivity index (χ0v) is 10.7. The Balaban J connectivity index is 2.45. The van der Waals surface area contributed by atoms with Crippen LogP contribution >= 0.6 is 12.2 Å². The maximum atomic E-state index is 11.9. The van der Waals surface area contributed by atoms with Crippen LogP contribution in [0.25, 0.3) is 0 Å². The van der Waals surface area contributed by atoms with Crippen molar-refractivity contribution in [2.75, 3.05) is 13.2 Å². The fourth-order valence-electron chi connectivity index (χ4n) is 1.91. The molecule has 3 atom stereocenters. The van der Waals surface area contributed by atoms with Crippen molar-refractivity contribution in [2.45, 2.75) is 32.7 Å². The van der Waals surface area contributed by atoms with Crippen LogP contribution in [-0.4, -0.2) is 30.2 Å². The fourth-order valence-corrected chi connectivity index (χ4v) is 2.18. The molecule has 0 radical (unpaired) electrons. The van der Waals surface area contributed by atoms with Crippen LogP contribution in [0.4, 0.5) is 0 Å². The Morgan fingerprint density at radius 1 is 1.69 bits per heavy atom. The second-order valence-electron chi connectivity index (χ2n) is 4.28. The predicted molar refractivity (Wildman–Crippen MR) is 67.1 cm³/mol. The molecule has 1 heterocycles. The number of nitrogens with one attached hydrogen (secondary N) is 1. The van der Waals surface area contributed by atoms with E-state index in [1.807, 2.05) is 13.8 Å². The van der Waals surface area contributed by atoms with Crippen molar-refractivity contribution < 1.29 is 9.53 Å². The molecular formula is C11H20N2O2S. The molecule has 0 aromatic carbocycles. The number of hydrogen-bond acceptors (Lipinski definition) is 3. The number of carbonyl (C=O) groups excluding carboxylic acids is 1. The van der Waals surface area contributed by atoms with Gasteiger partial charge in [0.05, 0.1) is 17.5 Å². The molecule has 0 spiro atoms. The molecule has 1 fully saturated rings. The maximum Gasteiger partial charge on any atom is 0.230 e. The molecule has 0 aromatic rings. The summed E-state index contributed by atoms with van der Waals surface area (Å²) in [7, 11) is 0. The summed E-state index contributed by atoms with van der Waals surface area (Å²) >= 11 is 4.87. The number of amides is 1. The van der Waals surface area contributed by atoms with Gasteiger partial charge in [0.15, 0.2) is 0 Å². The first-order valence-corrected chi connectivity index (χ1v) is 6.14. The number of ether oxygens (including phenoxy) is 1. The van der Waals surface area contributed by atoms with Crippen molar-refractivity contribution in [2.24, 2.45) is 17.6 Å². The van der Waals surface area contributed by atoms with E-state index in [0.29, 0.717) is 12.3 Å². The van der Waals surface area contributed by atoms with Crippen LogP contribution in [-0.2, 0) is 9.53 Å². The fraction of sp³-hybridized carbons (Fsp3) is 0.818. The van der Waals surface area contributed by atoms with E-state index in [2.05, 4.69) is 5.32 Å². The molecule has 1 aliphatic rings. The third kappa shape index (κ3) is 3.42. The van der Waals surface area contributed by atoms with E-state index in [1.54, 1.807) is 0 Å². The molecule has 0 aromatic heterocycles. The Labute approximate surface area is 102 Å². The molecule has 92 valence electrons. The summed E-state index contributed by atoms with van der Waals surface area (Å²) in [6, 6.07) is 0.124. The molecule has 1 saturated heterocycles. The van der Waals surface area contributed by atoms with Gasteiger partial charge < -0.3 is 15.8 Å². The average molecular weight is 244 g/mol. The second kappa shape index (κ2) is 6.15. The summed E-state index contributed by atoms with van der Waals surface area (Å²) in [5.41, 5.74) is 5.52. The lowest BCUT2D eigenvalue weighted by Gasteiger charge is -2.22. The Bertz CT molecular complexity index is 265. The van der Waals surface area contributed by atoms with E-state index in [0.717, 1.165) is 19.6 Å². The van der Waals surface area contributed by atoms with E-state index in [9.17, 15) is 4.79 Å². The predicted octanol–water partition coefficient (Wildman–Crippen LogP) is 0.840. The summed E-state index contributed by atoms with van der Waals surface area (Å²) in [5.74, 6) is 0.00183. The number of nitrogens with two attached hydrogens (primary N) is 1. The van der Waals surface area contributed by atoms with E-state index >= 15 is 0 Å². The minimum atomic E-state index is -0.347. The van der Waals surface area contributed by atoms with Gasteiger partial charge in [-0.15, -0.1) is 0 Å². The molecular weight excluding hydrogens is 224 g/mol. The molecule has 5 heteroatoms. The van der Waals surface area contributed by atoms with Crippen LogP contribution < -0.4 is 11.1 Å². The normalized spacial score (nSPS) is 23.8. The highest BCUT2D eigenvalue weighted by Gasteiger charge is 2.26. The molecule has 3 N–H and O–H groups in total. The van der Waals surface area contributed by atoms with E-state index in [-0.39, 0.29) is 22.9 Å². The van der Waals surface area contributed by atoms with Gasteiger partial charge in [0.25, 0.3) is 0 Å². The van der Waals surface area contributed by atoms with Gasteiger partial charge in [0.1, 0.15) is 0 Å². The average Bonchev–Trinajstić information content (AvgIpc) is 2.70. The summed E-state index contributed by atoms with van der Waals surface area (Å²) in [5, 5.41) is 2.97. The molecule has 1 amide bonds. The Hall–Kier alpha value is -0.680. The van der Waals surface area contributed by atoms with Crippen LogP contribution in [0.15, 0.2) is 0 Å². The zero-order chi connectivity index (χ0) is 12.1. The molecule has 0 saturated carbocycles. The minimum absolute atomic E-state index is 0.0607. The van der Waals surface area contributed by atoms with Gasteiger partial charge in [-0.3, -0.25) is 4.79 Å². The lowest BCUT2D eigenvalue weighted by Crippen LogP contribution is -2.44. The molecule has 3 unspecified atom stereocenters. The largest absolute Gasteiger partial charge is 0.393 e. The van der Waals surface area contributed by atoms with Crippen molar-refractivity contribution in [1.82, 2.24) is 5.32 Å². The Morgan fingerprint density at radius 2 is 2.38 bits per heavy atom. The van der Waals surface area contributed by atoms with Crippen molar-refractivity contribution in [3.05, 3.63) is 0 Å². The Morgan fingerprint density at radius 3 is 2.81 bits per heavy atom. The maximum absolute atomic E-state index is 11.9. The van der Waals surface area contributed by atoms with E-state index in [1.165, 1.54) is 0 Å². The molecule has 16 heavy (non-hydrogen) atoms. The van der Waals surface area contributed by atoms with Crippen LogP contribution in [0.2, 0.25) is 0 Å². The van der Waals surface area contributed by atoms with Crippen LogP contribution in [0, 0.1) is 11.8 Å². The van der Waals surface area contributed by atoms with Crippen molar-refractivity contribution in [3.8, 4) is 0 Å². The van der Waals surface area contributed by atoms with E-state index < -0.39 is 0 Å². The lowest BCUT2D eigenvalue weighted by molar-refractivity contribution is -0.124. The van der Waals surface area contributed by atoms with Crippen LogP contribution in [0.1, 0.15) is 26.7 Å². The van der Waals surface area contributed by atoms with Gasteiger partial charge in [0, 0.05) is 18.6 Å². The summed E-state index contributed by atoms with van der Waals surface area (Å²) < 4.78 is 5.29. The first-order valence-electron chi connectivity index (χ1n) is 5.73. The highest BCUT2D eigenvalue weighted by atomic mass is 32.1. The molecule has 1 rings (SSSR count). The number of hydrogen-bond donors (Lipinski definition) is 2. The van der Waals surface area contributed by atoms with Gasteiger partial charge in [-0.05, 0) is 19.8 Å². The first-order chi connectivity index (χ1) is 7.56. The topological polar surface area (TPSA) is 64.3 Å². The number of rotatable bonds is 5. The number of thiocarbonyl (C=S) groups is 1. The molecule has 1 aliphatic heterocycles. The van der Waals surface area contributed by atoms with E-state index in [4.69, 9.17) is 22.7 Å². The highest BCUT2D eigenvalue weighted by molar-refractivity contribution is 7.80. The Kier molecular flexibility index (Phi) is 5.15. The van der Waals surface area contributed by atoms with Gasteiger partial charge in [-0.2, -0.15) is 0 Å². The molecule has 0 bridgehead atoms. The second-order valence-corrected chi connectivity index (χ2v) is 4.76. The summed E-state index contributed by atoms with van der Waals surface area (Å²) in [6.07, 6.45) is 1.65. The molecule has 0 aliphatic carbocycles. The minimum Gasteiger partial charge on any atom is -0.393 e. The van der Waals surface area contributed by atoms with Crippen molar-refractivity contribution in [3.63, 3.8) is 0 Å². The van der Waals surface area contributed by atoms with Crippen molar-refractivity contribution in [1.29, 1.82) is 0 Å². The smallest absolute Gasteiger partial charge is 0.230 e. The van der Waals surface area contributed by atoms with Crippen LogP contribution in [0.5, 0.6) is 0 Å². The number of carbonyl (C=O) groups is 1. The quantitative estimate of drug-likeness (QED) is 0.703. The van der Waals surface area contributed by atoms with Gasteiger partial charge >= 0.3 is 0 Å². The SMILES string of the molecule is CCC(C(=O)NC(C)C1CCOC1)C(N)=S. The van der Waals surface area contributed by atoms with Crippen molar-refractivity contribution >= 4 is 23.1 Å². The summed E-state index contributed by atoms with van der Waals surface area (Å²) in [4.78, 5) is 12.1. The van der Waals surface area contributed by atoms with Gasteiger partial charge in [-0.1, -0.05) is 19.1 Å². The first kappa shape index (κ1) is 13.4. The van der Waals surface area contributed by atoms with Gasteiger partial charge in [0.2, 0.25) is 5.91 Å². The monoisotopic (exact) mass is 244 g/mol. The zero-order valence-electron chi connectivity index (χ0n) is 9.86. The third-order valence-electron chi connectivity index (χ3n) is 3.11. The standard InChI is InChI=1S/C11H20N2O2S/c1-3-9(10(12)16)11(14)13-7(2)8-4-5-15-6-8/h7-9H,3-6H2,1-2H3,(H2,12,16)(H,13,14). The molecule has 4 nitrogen and oxygen atoms in total. The third-order valence-corrected chi connectivity index (χ3v) is 3.39. The highest BCUT2D eigenvalue weighted by Crippen LogP contribution is 2.17. The summed E-state index contributed by atoms with van der Waals surface area (Å²) in [6.45, 7) is 5.43. The van der Waals surface area contributed by atoms with Gasteiger partial charge in [-0.25, -0.2) is 0 Å². The van der Waals surface area contributed by atoms with Crippen LogP contribution in [0.3, 0.4) is 0 Å².